The molecule has 1 aromatic carbocycles. The van der Waals surface area contributed by atoms with Crippen LogP contribution in [-0.2, 0) is 6.54 Å². The second-order valence-corrected chi connectivity index (χ2v) is 8.82. The molecule has 6 rings (SSSR count). The van der Waals surface area contributed by atoms with Crippen molar-refractivity contribution in [2.45, 2.75) is 32.2 Å². The van der Waals surface area contributed by atoms with Crippen molar-refractivity contribution < 1.29 is 0 Å². The van der Waals surface area contributed by atoms with Gasteiger partial charge in [-0.2, -0.15) is 5.10 Å². The van der Waals surface area contributed by atoms with Crippen LogP contribution in [0, 0.1) is 5.92 Å². The Labute approximate surface area is 186 Å². The van der Waals surface area contributed by atoms with Gasteiger partial charge in [0.25, 0.3) is 0 Å². The first kappa shape index (κ1) is 19.2. The van der Waals surface area contributed by atoms with Crippen molar-refractivity contribution in [1.82, 2.24) is 30.5 Å². The van der Waals surface area contributed by atoms with Crippen molar-refractivity contribution in [1.29, 1.82) is 0 Å². The molecule has 0 unspecified atom stereocenters. The second kappa shape index (κ2) is 8.20. The van der Waals surface area contributed by atoms with Crippen LogP contribution in [-0.4, -0.2) is 31.7 Å². The predicted octanol–water partition coefficient (Wildman–Crippen LogP) is 5.45. The van der Waals surface area contributed by atoms with Crippen molar-refractivity contribution in [3.63, 3.8) is 0 Å². The number of fused-ring (bicyclic) bond motifs is 2. The van der Waals surface area contributed by atoms with E-state index in [9.17, 15) is 0 Å². The fourth-order valence-electron chi connectivity index (χ4n) is 4.86. The minimum atomic E-state index is 0.841. The summed E-state index contributed by atoms with van der Waals surface area (Å²) in [5, 5.41) is 13.5. The molecule has 6 nitrogen and oxygen atoms in total. The van der Waals surface area contributed by atoms with Gasteiger partial charge in [-0.1, -0.05) is 18.9 Å². The number of hydrogen-bond acceptors (Lipinski definition) is 4. The van der Waals surface area contributed by atoms with E-state index in [-0.39, 0.29) is 0 Å². The van der Waals surface area contributed by atoms with E-state index in [1.807, 2.05) is 18.5 Å². The van der Waals surface area contributed by atoms with E-state index in [2.05, 4.69) is 66.9 Å². The molecular formula is C26H26N6. The lowest BCUT2D eigenvalue weighted by Gasteiger charge is -2.11. The summed E-state index contributed by atoms with van der Waals surface area (Å²) >= 11 is 0. The first-order valence-corrected chi connectivity index (χ1v) is 11.4. The number of pyridine rings is 2. The van der Waals surface area contributed by atoms with Crippen LogP contribution in [0.2, 0.25) is 0 Å². The van der Waals surface area contributed by atoms with Crippen LogP contribution >= 0.6 is 0 Å². The maximum Gasteiger partial charge on any atom is 0.137 e. The summed E-state index contributed by atoms with van der Waals surface area (Å²) in [6.45, 7) is 1.96. The van der Waals surface area contributed by atoms with Gasteiger partial charge >= 0.3 is 0 Å². The number of aromatic amines is 2. The van der Waals surface area contributed by atoms with Gasteiger partial charge in [0.2, 0.25) is 0 Å². The van der Waals surface area contributed by atoms with Crippen LogP contribution in [0.1, 0.15) is 31.2 Å². The predicted molar refractivity (Wildman–Crippen MR) is 128 cm³/mol. The number of hydrogen-bond donors (Lipinski definition) is 3. The number of rotatable bonds is 6. The molecule has 0 radical (unpaired) electrons. The lowest BCUT2D eigenvalue weighted by molar-refractivity contribution is 0.489. The molecule has 1 aliphatic rings. The largest absolute Gasteiger partial charge is 0.338 e. The molecule has 6 heteroatoms. The molecule has 0 amide bonds. The van der Waals surface area contributed by atoms with Gasteiger partial charge in [-0.25, -0.2) is 4.98 Å². The summed E-state index contributed by atoms with van der Waals surface area (Å²) in [7, 11) is 0. The molecule has 0 aliphatic heterocycles. The highest BCUT2D eigenvalue weighted by molar-refractivity contribution is 5.97. The van der Waals surface area contributed by atoms with Gasteiger partial charge in [-0.3, -0.25) is 10.1 Å². The van der Waals surface area contributed by atoms with Crippen molar-refractivity contribution in [2.24, 2.45) is 5.92 Å². The maximum absolute atomic E-state index is 4.58. The van der Waals surface area contributed by atoms with Crippen LogP contribution in [0.15, 0.2) is 61.1 Å². The molecule has 3 N–H and O–H groups in total. The lowest BCUT2D eigenvalue weighted by Crippen LogP contribution is -2.20. The third kappa shape index (κ3) is 3.67. The van der Waals surface area contributed by atoms with Gasteiger partial charge in [0.1, 0.15) is 11.3 Å². The molecule has 4 aromatic heterocycles. The van der Waals surface area contributed by atoms with Crippen LogP contribution in [0.5, 0.6) is 0 Å². The highest BCUT2D eigenvalue weighted by atomic mass is 15.1. The third-order valence-electron chi connectivity index (χ3n) is 6.57. The summed E-state index contributed by atoms with van der Waals surface area (Å²) in [5.74, 6) is 0.841. The third-order valence-corrected chi connectivity index (χ3v) is 6.57. The monoisotopic (exact) mass is 422 g/mol. The molecule has 0 atom stereocenters. The van der Waals surface area contributed by atoms with E-state index < -0.39 is 0 Å². The molecule has 1 aliphatic carbocycles. The van der Waals surface area contributed by atoms with E-state index in [4.69, 9.17) is 0 Å². The summed E-state index contributed by atoms with van der Waals surface area (Å²) in [6.07, 6.45) is 11.2. The zero-order valence-corrected chi connectivity index (χ0v) is 17.9. The van der Waals surface area contributed by atoms with Crippen LogP contribution < -0.4 is 5.32 Å². The van der Waals surface area contributed by atoms with Gasteiger partial charge in [-0.15, -0.1) is 0 Å². The highest BCUT2D eigenvalue weighted by Crippen LogP contribution is 2.31. The number of aromatic nitrogens is 5. The van der Waals surface area contributed by atoms with Crippen molar-refractivity contribution >= 4 is 21.9 Å². The van der Waals surface area contributed by atoms with E-state index in [0.717, 1.165) is 63.5 Å². The second-order valence-electron chi connectivity index (χ2n) is 8.82. The topological polar surface area (TPSA) is 82.3 Å². The number of nitrogens with one attached hydrogen (secondary N) is 3. The standard InChI is InChI=1S/C26H26N6/c1-2-5-17(4-1)13-27-14-18-10-21(16-28-15-18)19-7-8-23-22(11-19)25(32-31-23)24-12-20-6-3-9-29-26(20)30-24/h3,6-12,15-17,27H,1-2,4-5,13-14H2,(H,29,30)(H,31,32). The fourth-order valence-corrected chi connectivity index (χ4v) is 4.86. The van der Waals surface area contributed by atoms with Crippen LogP contribution in [0.25, 0.3) is 44.5 Å². The number of H-pyrrole nitrogens is 2. The summed E-state index contributed by atoms with van der Waals surface area (Å²) in [5.41, 5.74) is 7.23. The van der Waals surface area contributed by atoms with Gasteiger partial charge in [-0.05, 0) is 72.8 Å². The minimum Gasteiger partial charge on any atom is -0.338 e. The molecule has 0 saturated heterocycles. The average molecular weight is 423 g/mol. The van der Waals surface area contributed by atoms with Crippen molar-refractivity contribution in [3.05, 3.63) is 66.6 Å². The molecule has 5 aromatic rings. The molecule has 0 spiro atoms. The fraction of sp³-hybridized carbons (Fsp3) is 0.269. The van der Waals surface area contributed by atoms with E-state index in [1.54, 1.807) is 6.20 Å². The maximum atomic E-state index is 4.58. The van der Waals surface area contributed by atoms with Crippen molar-refractivity contribution in [3.8, 4) is 22.5 Å². The first-order chi connectivity index (χ1) is 15.8. The Morgan fingerprint density at radius 2 is 1.94 bits per heavy atom. The van der Waals surface area contributed by atoms with E-state index in [0.29, 0.717) is 0 Å². The van der Waals surface area contributed by atoms with Gasteiger partial charge in [0.05, 0.1) is 11.2 Å². The highest BCUT2D eigenvalue weighted by Gasteiger charge is 2.15. The Bertz CT molecular complexity index is 1340. The smallest absolute Gasteiger partial charge is 0.137 e. The molecule has 4 heterocycles. The van der Waals surface area contributed by atoms with E-state index >= 15 is 0 Å². The summed E-state index contributed by atoms with van der Waals surface area (Å²) < 4.78 is 0. The number of benzene rings is 1. The minimum absolute atomic E-state index is 0.841. The quantitative estimate of drug-likeness (QED) is 0.340. The molecular weight excluding hydrogens is 396 g/mol. The van der Waals surface area contributed by atoms with E-state index in [1.165, 1.54) is 31.2 Å². The zero-order valence-electron chi connectivity index (χ0n) is 17.9. The van der Waals surface area contributed by atoms with Crippen molar-refractivity contribution in [2.75, 3.05) is 6.54 Å². The lowest BCUT2D eigenvalue weighted by atomic mass is 10.0. The molecule has 0 bridgehead atoms. The number of nitrogens with zero attached hydrogens (tertiary/aromatic N) is 3. The average Bonchev–Trinajstić information content (AvgIpc) is 3.58. The Morgan fingerprint density at radius 1 is 1.00 bits per heavy atom. The normalized spacial score (nSPS) is 14.6. The molecule has 160 valence electrons. The van der Waals surface area contributed by atoms with Crippen LogP contribution in [0.4, 0.5) is 0 Å². The first-order valence-electron chi connectivity index (χ1n) is 11.4. The summed E-state index contributed by atoms with van der Waals surface area (Å²) in [4.78, 5) is 12.3. The Kier molecular flexibility index (Phi) is 4.92. The molecule has 1 saturated carbocycles. The van der Waals surface area contributed by atoms with Crippen LogP contribution in [0.3, 0.4) is 0 Å². The van der Waals surface area contributed by atoms with Gasteiger partial charge < -0.3 is 10.3 Å². The van der Waals surface area contributed by atoms with Gasteiger partial charge in [0.15, 0.2) is 0 Å². The zero-order chi connectivity index (χ0) is 21.3. The summed E-state index contributed by atoms with van der Waals surface area (Å²) in [6, 6.07) is 14.8. The Balaban J connectivity index is 1.28. The SMILES string of the molecule is c1cnc2[nH]c(-c3n[nH]c4ccc(-c5cncc(CNCC6CCCC6)c5)cc34)cc2c1. The Hall–Kier alpha value is -3.51. The molecule has 32 heavy (non-hydrogen) atoms. The molecule has 1 fully saturated rings. The van der Waals surface area contributed by atoms with Gasteiger partial charge in [0, 0.05) is 41.5 Å². The Morgan fingerprint density at radius 3 is 2.84 bits per heavy atom.